The normalized spacial score (nSPS) is 12.5. The van der Waals surface area contributed by atoms with Crippen LogP contribution in [0, 0.1) is 19.8 Å². The minimum atomic E-state index is 0.605. The fourth-order valence-electron chi connectivity index (χ4n) is 3.82. The van der Waals surface area contributed by atoms with Gasteiger partial charge in [0.25, 0.3) is 0 Å². The highest BCUT2D eigenvalue weighted by molar-refractivity contribution is 5.78. The number of nitrogens with zero attached hydrogens (tertiary/aromatic N) is 1. The molecular weight excluding hydrogens is 340 g/mol. The Bertz CT molecular complexity index is 1030. The topological polar surface area (TPSA) is 24.9 Å². The molecular formula is C26H28N2. The first-order valence-corrected chi connectivity index (χ1v) is 10.1. The second kappa shape index (κ2) is 7.63. The van der Waals surface area contributed by atoms with Gasteiger partial charge in [-0.15, -0.1) is 0 Å². The van der Waals surface area contributed by atoms with Crippen LogP contribution in [0.5, 0.6) is 0 Å². The first kappa shape index (κ1) is 18.5. The number of allylic oxidation sites excluding steroid dienone is 1. The molecule has 0 saturated heterocycles. The minimum Gasteiger partial charge on any atom is -0.370 e. The van der Waals surface area contributed by atoms with Crippen LogP contribution in [-0.2, 0) is 6.42 Å². The predicted octanol–water partition coefficient (Wildman–Crippen LogP) is 6.67. The second-order valence-corrected chi connectivity index (χ2v) is 8.21. The first-order chi connectivity index (χ1) is 13.5. The lowest BCUT2D eigenvalue weighted by atomic mass is 9.91. The molecule has 0 spiro atoms. The Kier molecular flexibility index (Phi) is 5.04. The van der Waals surface area contributed by atoms with E-state index < -0.39 is 0 Å². The molecule has 0 fully saturated rings. The monoisotopic (exact) mass is 368 g/mol. The molecule has 4 rings (SSSR count). The lowest BCUT2D eigenvalue weighted by Gasteiger charge is -2.14. The van der Waals surface area contributed by atoms with Crippen molar-refractivity contribution in [3.05, 3.63) is 77.0 Å². The van der Waals surface area contributed by atoms with E-state index in [0.717, 1.165) is 18.8 Å². The quantitative estimate of drug-likeness (QED) is 0.544. The van der Waals surface area contributed by atoms with Gasteiger partial charge >= 0.3 is 0 Å². The average Bonchev–Trinajstić information content (AvgIpc) is 3.16. The number of rotatable bonds is 5. The summed E-state index contributed by atoms with van der Waals surface area (Å²) in [6, 6.07) is 15.7. The van der Waals surface area contributed by atoms with Crippen LogP contribution in [0.25, 0.3) is 28.3 Å². The molecule has 0 aliphatic heterocycles. The molecule has 1 aromatic heterocycles. The van der Waals surface area contributed by atoms with Gasteiger partial charge in [-0.25, -0.2) is 4.98 Å². The predicted molar refractivity (Wildman–Crippen MR) is 121 cm³/mol. The maximum Gasteiger partial charge on any atom is 0.125 e. The summed E-state index contributed by atoms with van der Waals surface area (Å²) >= 11 is 0. The maximum atomic E-state index is 4.60. The third kappa shape index (κ3) is 3.73. The standard InChI is InChI=1S/C26H28N2/c1-17(2)15-27-26-11-10-23(16-28-26)25-13-18(3)24(12-19(25)4)22-9-8-20-6-5-7-21(20)14-22/h5,7-14,16-17H,6,15H2,1-4H3,(H,27,28). The van der Waals surface area contributed by atoms with E-state index >= 15 is 0 Å². The summed E-state index contributed by atoms with van der Waals surface area (Å²) in [6.07, 6.45) is 7.50. The van der Waals surface area contributed by atoms with E-state index in [0.29, 0.717) is 5.92 Å². The van der Waals surface area contributed by atoms with Crippen molar-refractivity contribution in [3.63, 3.8) is 0 Å². The lowest BCUT2D eigenvalue weighted by Crippen LogP contribution is -2.08. The van der Waals surface area contributed by atoms with Gasteiger partial charge in [0.2, 0.25) is 0 Å². The van der Waals surface area contributed by atoms with E-state index in [1.165, 1.54) is 44.5 Å². The van der Waals surface area contributed by atoms with Crippen molar-refractivity contribution >= 4 is 11.9 Å². The zero-order valence-corrected chi connectivity index (χ0v) is 17.2. The number of hydrogen-bond acceptors (Lipinski definition) is 2. The Morgan fingerprint density at radius 1 is 0.929 bits per heavy atom. The van der Waals surface area contributed by atoms with Crippen LogP contribution < -0.4 is 5.32 Å². The van der Waals surface area contributed by atoms with Gasteiger partial charge in [-0.05, 0) is 83.3 Å². The van der Waals surface area contributed by atoms with Crippen molar-refractivity contribution in [1.82, 2.24) is 4.98 Å². The zero-order valence-electron chi connectivity index (χ0n) is 17.2. The number of fused-ring (bicyclic) bond motifs is 1. The van der Waals surface area contributed by atoms with Gasteiger partial charge in [-0.3, -0.25) is 0 Å². The molecule has 1 heterocycles. The van der Waals surface area contributed by atoms with Crippen molar-refractivity contribution in [2.45, 2.75) is 34.1 Å². The molecule has 1 aliphatic carbocycles. The molecule has 0 unspecified atom stereocenters. The highest BCUT2D eigenvalue weighted by Gasteiger charge is 2.12. The summed E-state index contributed by atoms with van der Waals surface area (Å²) in [5.41, 5.74) is 10.4. The molecule has 142 valence electrons. The third-order valence-electron chi connectivity index (χ3n) is 5.43. The molecule has 1 N–H and O–H groups in total. The molecule has 2 nitrogen and oxygen atoms in total. The van der Waals surface area contributed by atoms with Crippen molar-refractivity contribution < 1.29 is 0 Å². The van der Waals surface area contributed by atoms with Crippen LogP contribution in [0.4, 0.5) is 5.82 Å². The molecule has 1 aliphatic rings. The van der Waals surface area contributed by atoms with Crippen molar-refractivity contribution in [3.8, 4) is 22.3 Å². The zero-order chi connectivity index (χ0) is 19.7. The van der Waals surface area contributed by atoms with Crippen molar-refractivity contribution in [1.29, 1.82) is 0 Å². The van der Waals surface area contributed by atoms with Crippen LogP contribution in [0.3, 0.4) is 0 Å². The van der Waals surface area contributed by atoms with E-state index in [9.17, 15) is 0 Å². The molecule has 2 heteroatoms. The van der Waals surface area contributed by atoms with Gasteiger partial charge < -0.3 is 5.32 Å². The number of benzene rings is 2. The number of aryl methyl sites for hydroxylation is 2. The Labute approximate surface area is 168 Å². The van der Waals surface area contributed by atoms with E-state index in [4.69, 9.17) is 0 Å². The summed E-state index contributed by atoms with van der Waals surface area (Å²) in [7, 11) is 0. The molecule has 28 heavy (non-hydrogen) atoms. The highest BCUT2D eigenvalue weighted by atomic mass is 15.0. The van der Waals surface area contributed by atoms with E-state index in [1.54, 1.807) is 0 Å². The molecule has 0 amide bonds. The summed E-state index contributed by atoms with van der Waals surface area (Å²) < 4.78 is 0. The lowest BCUT2D eigenvalue weighted by molar-refractivity contribution is 0.687. The highest BCUT2D eigenvalue weighted by Crippen LogP contribution is 2.33. The van der Waals surface area contributed by atoms with Crippen LogP contribution in [-0.4, -0.2) is 11.5 Å². The van der Waals surface area contributed by atoms with Gasteiger partial charge in [0.1, 0.15) is 5.82 Å². The maximum absolute atomic E-state index is 4.60. The number of pyridine rings is 1. The second-order valence-electron chi connectivity index (χ2n) is 8.21. The Balaban J connectivity index is 1.63. The van der Waals surface area contributed by atoms with Gasteiger partial charge in [0, 0.05) is 18.3 Å². The summed E-state index contributed by atoms with van der Waals surface area (Å²) in [4.78, 5) is 4.60. The Morgan fingerprint density at radius 2 is 1.64 bits per heavy atom. The van der Waals surface area contributed by atoms with Crippen LogP contribution in [0.2, 0.25) is 0 Å². The number of aromatic nitrogens is 1. The number of hydrogen-bond donors (Lipinski definition) is 1. The smallest absolute Gasteiger partial charge is 0.125 e. The Morgan fingerprint density at radius 3 is 2.32 bits per heavy atom. The van der Waals surface area contributed by atoms with Crippen LogP contribution >= 0.6 is 0 Å². The fourth-order valence-corrected chi connectivity index (χ4v) is 3.82. The van der Waals surface area contributed by atoms with Gasteiger partial charge in [-0.2, -0.15) is 0 Å². The van der Waals surface area contributed by atoms with E-state index in [-0.39, 0.29) is 0 Å². The third-order valence-corrected chi connectivity index (χ3v) is 5.43. The SMILES string of the molecule is Cc1cc(-c2ccc3c(c2)C=CC3)c(C)cc1-c1ccc(NCC(C)C)nc1. The van der Waals surface area contributed by atoms with Gasteiger partial charge in [0.15, 0.2) is 0 Å². The number of nitrogens with one attached hydrogen (secondary N) is 1. The van der Waals surface area contributed by atoms with E-state index in [2.05, 4.69) is 92.6 Å². The molecule has 2 aromatic carbocycles. The minimum absolute atomic E-state index is 0.605. The molecule has 0 saturated carbocycles. The molecule has 3 aromatic rings. The summed E-state index contributed by atoms with van der Waals surface area (Å²) in [5, 5.41) is 3.38. The van der Waals surface area contributed by atoms with Crippen LogP contribution in [0.15, 0.2) is 54.7 Å². The summed E-state index contributed by atoms with van der Waals surface area (Å²) in [6.45, 7) is 9.73. The average molecular weight is 369 g/mol. The fraction of sp³-hybridized carbons (Fsp3) is 0.269. The molecule has 0 atom stereocenters. The van der Waals surface area contributed by atoms with Gasteiger partial charge in [0.05, 0.1) is 0 Å². The van der Waals surface area contributed by atoms with E-state index in [1.807, 2.05) is 6.20 Å². The van der Waals surface area contributed by atoms with Crippen molar-refractivity contribution in [2.24, 2.45) is 5.92 Å². The summed E-state index contributed by atoms with van der Waals surface area (Å²) in [5.74, 6) is 1.54. The Hall–Kier alpha value is -2.87. The van der Waals surface area contributed by atoms with Gasteiger partial charge in [-0.1, -0.05) is 50.3 Å². The largest absolute Gasteiger partial charge is 0.370 e. The van der Waals surface area contributed by atoms with Crippen molar-refractivity contribution in [2.75, 3.05) is 11.9 Å². The van der Waals surface area contributed by atoms with Crippen LogP contribution in [0.1, 0.15) is 36.1 Å². The first-order valence-electron chi connectivity index (χ1n) is 10.1. The molecule has 0 radical (unpaired) electrons. The number of anilines is 1. The molecule has 0 bridgehead atoms.